The Bertz CT molecular complexity index is 126. The van der Waals surface area contributed by atoms with Gasteiger partial charge in [-0.05, 0) is 12.8 Å². The van der Waals surface area contributed by atoms with Gasteiger partial charge in [0.2, 0.25) is 0 Å². The van der Waals surface area contributed by atoms with Crippen LogP contribution in [-0.4, -0.2) is 25.7 Å². The maximum absolute atomic E-state index is 10.8. The standard InChI is InChI=1S/C6H12N2O2.ClH/c1-10-6(9)5-3-2-4-7-8-5;/h5,7-8H,2-4H2,1H3;1H/t5-;/m0./s1. The fourth-order valence-electron chi connectivity index (χ4n) is 0.981. The minimum Gasteiger partial charge on any atom is -0.468 e. The van der Waals surface area contributed by atoms with Crippen molar-refractivity contribution in [2.45, 2.75) is 18.9 Å². The summed E-state index contributed by atoms with van der Waals surface area (Å²) in [5.41, 5.74) is 5.74. The van der Waals surface area contributed by atoms with Gasteiger partial charge in [0.15, 0.2) is 0 Å². The van der Waals surface area contributed by atoms with E-state index in [1.54, 1.807) is 0 Å². The monoisotopic (exact) mass is 180 g/mol. The zero-order valence-electron chi connectivity index (χ0n) is 6.42. The molecule has 0 aromatic rings. The van der Waals surface area contributed by atoms with Crippen LogP contribution >= 0.6 is 12.4 Å². The molecule has 0 bridgehead atoms. The van der Waals surface area contributed by atoms with Crippen LogP contribution in [0.25, 0.3) is 0 Å². The summed E-state index contributed by atoms with van der Waals surface area (Å²) in [7, 11) is 1.40. The highest BCUT2D eigenvalue weighted by atomic mass is 35.5. The van der Waals surface area contributed by atoms with Gasteiger partial charge in [0.1, 0.15) is 6.04 Å². The number of hydrogen-bond acceptors (Lipinski definition) is 4. The molecule has 0 unspecified atom stereocenters. The SMILES string of the molecule is COC(=O)[C@@H]1CCCNN1.Cl. The molecule has 66 valence electrons. The predicted molar refractivity (Wildman–Crippen MR) is 43.4 cm³/mol. The Kier molecular flexibility index (Phi) is 5.19. The zero-order chi connectivity index (χ0) is 7.40. The van der Waals surface area contributed by atoms with Gasteiger partial charge in [0.05, 0.1) is 7.11 Å². The Labute approximate surface area is 72.1 Å². The van der Waals surface area contributed by atoms with Gasteiger partial charge in [-0.3, -0.25) is 10.2 Å². The van der Waals surface area contributed by atoms with Crippen molar-refractivity contribution < 1.29 is 9.53 Å². The largest absolute Gasteiger partial charge is 0.468 e. The number of hydrazine groups is 1. The van der Waals surface area contributed by atoms with Crippen LogP contribution in [0.15, 0.2) is 0 Å². The first-order valence-electron chi connectivity index (χ1n) is 3.41. The molecule has 11 heavy (non-hydrogen) atoms. The summed E-state index contributed by atoms with van der Waals surface area (Å²) in [6, 6.07) is -0.154. The highest BCUT2D eigenvalue weighted by Gasteiger charge is 2.20. The van der Waals surface area contributed by atoms with Gasteiger partial charge in [-0.15, -0.1) is 12.4 Å². The lowest BCUT2D eigenvalue weighted by Gasteiger charge is -2.21. The Morgan fingerprint density at radius 2 is 2.36 bits per heavy atom. The smallest absolute Gasteiger partial charge is 0.324 e. The molecule has 0 aromatic carbocycles. The predicted octanol–water partition coefficient (Wildman–Crippen LogP) is -0.162. The van der Waals surface area contributed by atoms with E-state index in [-0.39, 0.29) is 24.4 Å². The molecule has 4 nitrogen and oxygen atoms in total. The second-order valence-corrected chi connectivity index (χ2v) is 2.29. The van der Waals surface area contributed by atoms with Crippen LogP contribution in [0, 0.1) is 0 Å². The molecular weight excluding hydrogens is 168 g/mol. The van der Waals surface area contributed by atoms with E-state index >= 15 is 0 Å². The summed E-state index contributed by atoms with van der Waals surface area (Å²) in [5, 5.41) is 0. The molecule has 1 rings (SSSR count). The quantitative estimate of drug-likeness (QED) is 0.551. The summed E-state index contributed by atoms with van der Waals surface area (Å²) in [6.07, 6.45) is 1.88. The number of hydrogen-bond donors (Lipinski definition) is 2. The first-order valence-corrected chi connectivity index (χ1v) is 3.41. The molecule has 0 radical (unpaired) electrons. The summed E-state index contributed by atoms with van der Waals surface area (Å²) in [6.45, 7) is 0.924. The summed E-state index contributed by atoms with van der Waals surface area (Å²) >= 11 is 0. The van der Waals surface area contributed by atoms with Crippen LogP contribution in [0.5, 0.6) is 0 Å². The third kappa shape index (κ3) is 3.05. The van der Waals surface area contributed by atoms with E-state index in [0.717, 1.165) is 19.4 Å². The summed E-state index contributed by atoms with van der Waals surface area (Å²) in [5.74, 6) is -0.188. The molecule has 5 heteroatoms. The third-order valence-corrected chi connectivity index (χ3v) is 1.56. The minimum atomic E-state index is -0.188. The van der Waals surface area contributed by atoms with Crippen molar-refractivity contribution in [2.75, 3.05) is 13.7 Å². The molecule has 1 saturated heterocycles. The molecule has 0 saturated carbocycles. The van der Waals surface area contributed by atoms with Gasteiger partial charge in [-0.2, -0.15) is 0 Å². The van der Waals surface area contributed by atoms with Crippen LogP contribution in [0.2, 0.25) is 0 Å². The Morgan fingerprint density at radius 3 is 2.82 bits per heavy atom. The fraction of sp³-hybridized carbons (Fsp3) is 0.833. The van der Waals surface area contributed by atoms with Crippen molar-refractivity contribution in [1.29, 1.82) is 0 Å². The fourth-order valence-corrected chi connectivity index (χ4v) is 0.981. The van der Waals surface area contributed by atoms with Crippen molar-refractivity contribution in [1.82, 2.24) is 10.9 Å². The molecule has 1 atom stereocenters. The first kappa shape index (κ1) is 10.7. The van der Waals surface area contributed by atoms with Crippen LogP contribution in [0.4, 0.5) is 0 Å². The van der Waals surface area contributed by atoms with Crippen molar-refractivity contribution in [2.24, 2.45) is 0 Å². The van der Waals surface area contributed by atoms with Crippen molar-refractivity contribution in [3.63, 3.8) is 0 Å². The molecule has 1 aliphatic heterocycles. The second-order valence-electron chi connectivity index (χ2n) is 2.29. The number of methoxy groups -OCH3 is 1. The molecule has 0 aliphatic carbocycles. The van der Waals surface area contributed by atoms with Crippen molar-refractivity contribution in [3.8, 4) is 0 Å². The molecule has 1 fully saturated rings. The van der Waals surface area contributed by atoms with E-state index in [2.05, 4.69) is 15.6 Å². The maximum Gasteiger partial charge on any atom is 0.324 e. The zero-order valence-corrected chi connectivity index (χ0v) is 7.24. The van der Waals surface area contributed by atoms with E-state index in [1.165, 1.54) is 7.11 Å². The molecule has 0 amide bonds. The normalized spacial score (nSPS) is 23.5. The maximum atomic E-state index is 10.8. The highest BCUT2D eigenvalue weighted by Crippen LogP contribution is 2.00. The lowest BCUT2D eigenvalue weighted by Crippen LogP contribution is -2.50. The lowest BCUT2D eigenvalue weighted by molar-refractivity contribution is -0.144. The van der Waals surface area contributed by atoms with E-state index < -0.39 is 0 Å². The van der Waals surface area contributed by atoms with E-state index in [9.17, 15) is 4.79 Å². The van der Waals surface area contributed by atoms with Crippen LogP contribution in [0.1, 0.15) is 12.8 Å². The van der Waals surface area contributed by atoms with Gasteiger partial charge >= 0.3 is 5.97 Å². The number of ether oxygens (including phenoxy) is 1. The van der Waals surface area contributed by atoms with Crippen molar-refractivity contribution >= 4 is 18.4 Å². The van der Waals surface area contributed by atoms with Gasteiger partial charge in [0.25, 0.3) is 0 Å². The highest BCUT2D eigenvalue weighted by molar-refractivity contribution is 5.85. The number of halogens is 1. The molecule has 1 heterocycles. The van der Waals surface area contributed by atoms with Crippen molar-refractivity contribution in [3.05, 3.63) is 0 Å². The Morgan fingerprint density at radius 1 is 1.64 bits per heavy atom. The average Bonchev–Trinajstić information content (AvgIpc) is 2.05. The van der Waals surface area contributed by atoms with Gasteiger partial charge in [-0.25, -0.2) is 5.43 Å². The average molecular weight is 181 g/mol. The lowest BCUT2D eigenvalue weighted by atomic mass is 10.1. The third-order valence-electron chi connectivity index (χ3n) is 1.56. The second kappa shape index (κ2) is 5.35. The van der Waals surface area contributed by atoms with Crippen LogP contribution < -0.4 is 10.9 Å². The number of carbonyl (C=O) groups is 1. The number of rotatable bonds is 1. The molecule has 0 aromatic heterocycles. The summed E-state index contributed by atoms with van der Waals surface area (Å²) in [4.78, 5) is 10.8. The Balaban J connectivity index is 0.000001000. The minimum absolute atomic E-state index is 0. The number of carbonyl (C=O) groups excluding carboxylic acids is 1. The van der Waals surface area contributed by atoms with E-state index in [4.69, 9.17) is 0 Å². The van der Waals surface area contributed by atoms with E-state index in [1.807, 2.05) is 0 Å². The van der Waals surface area contributed by atoms with Crippen LogP contribution in [-0.2, 0) is 9.53 Å². The number of nitrogens with one attached hydrogen (secondary N) is 2. The topological polar surface area (TPSA) is 50.4 Å². The molecule has 1 aliphatic rings. The first-order chi connectivity index (χ1) is 4.84. The molecule has 2 N–H and O–H groups in total. The Hall–Kier alpha value is -0.320. The molecule has 0 spiro atoms. The van der Waals surface area contributed by atoms with Gasteiger partial charge in [-0.1, -0.05) is 0 Å². The number of esters is 1. The van der Waals surface area contributed by atoms with Gasteiger partial charge < -0.3 is 4.74 Å². The summed E-state index contributed by atoms with van der Waals surface area (Å²) < 4.78 is 4.55. The van der Waals surface area contributed by atoms with Crippen LogP contribution in [0.3, 0.4) is 0 Å². The van der Waals surface area contributed by atoms with Gasteiger partial charge in [0, 0.05) is 6.54 Å². The van der Waals surface area contributed by atoms with E-state index in [0.29, 0.717) is 0 Å². The molecular formula is C6H13ClN2O2.